The van der Waals surface area contributed by atoms with E-state index in [4.69, 9.17) is 0 Å². The molecule has 1 aliphatic heterocycles. The van der Waals surface area contributed by atoms with Crippen LogP contribution in [0.15, 0.2) is 47.5 Å². The van der Waals surface area contributed by atoms with Crippen LogP contribution in [-0.2, 0) is 5.75 Å². The number of nitrogens with one attached hydrogen (secondary N) is 2. The van der Waals surface area contributed by atoms with Gasteiger partial charge in [-0.15, -0.1) is 0 Å². The standard InChI is InChI=1S/C17H21N3S/c1-2-8-16-14(5-1)6-3-7-15(16)13-21-12-11-20-17-18-9-4-10-19-17/h1-3,5-8H,4,9-13H2,(H2,18,19,20). The van der Waals surface area contributed by atoms with Crippen molar-refractivity contribution in [1.29, 1.82) is 0 Å². The SMILES string of the molecule is c1ccc2c(CSCCNC3=NCCCN3)cccc2c1. The van der Waals surface area contributed by atoms with E-state index in [1.54, 1.807) is 0 Å². The Hall–Kier alpha value is -1.68. The quantitative estimate of drug-likeness (QED) is 0.833. The second kappa shape index (κ2) is 7.36. The Morgan fingerprint density at radius 3 is 2.95 bits per heavy atom. The molecule has 1 aliphatic rings. The van der Waals surface area contributed by atoms with Crippen LogP contribution < -0.4 is 10.6 Å². The van der Waals surface area contributed by atoms with Gasteiger partial charge in [-0.3, -0.25) is 4.99 Å². The smallest absolute Gasteiger partial charge is 0.191 e. The monoisotopic (exact) mass is 299 g/mol. The van der Waals surface area contributed by atoms with Gasteiger partial charge in [0, 0.05) is 31.1 Å². The number of hydrogen-bond donors (Lipinski definition) is 2. The molecule has 4 heteroatoms. The van der Waals surface area contributed by atoms with Crippen molar-refractivity contribution in [3.63, 3.8) is 0 Å². The average Bonchev–Trinajstić information content (AvgIpc) is 2.56. The molecule has 3 rings (SSSR count). The Labute approximate surface area is 130 Å². The summed E-state index contributed by atoms with van der Waals surface area (Å²) in [5, 5.41) is 9.35. The Balaban J connectivity index is 1.47. The minimum Gasteiger partial charge on any atom is -0.356 e. The lowest BCUT2D eigenvalue weighted by atomic mass is 10.1. The first kappa shape index (κ1) is 14.3. The Kier molecular flexibility index (Phi) is 5.00. The molecular weight excluding hydrogens is 278 g/mol. The number of nitrogens with zero attached hydrogens (tertiary/aromatic N) is 1. The molecule has 110 valence electrons. The molecule has 2 aromatic carbocycles. The highest BCUT2D eigenvalue weighted by Gasteiger charge is 2.03. The van der Waals surface area contributed by atoms with Crippen LogP contribution in [0.3, 0.4) is 0 Å². The van der Waals surface area contributed by atoms with E-state index in [0.717, 1.165) is 43.5 Å². The fourth-order valence-electron chi connectivity index (χ4n) is 2.49. The van der Waals surface area contributed by atoms with Gasteiger partial charge in [0.25, 0.3) is 0 Å². The maximum absolute atomic E-state index is 4.41. The van der Waals surface area contributed by atoms with Gasteiger partial charge < -0.3 is 10.6 Å². The van der Waals surface area contributed by atoms with Gasteiger partial charge in [0.1, 0.15) is 0 Å². The predicted octanol–water partition coefficient (Wildman–Crippen LogP) is 3.01. The minimum absolute atomic E-state index is 0.943. The van der Waals surface area contributed by atoms with Crippen LogP contribution >= 0.6 is 11.8 Å². The van der Waals surface area contributed by atoms with Crippen molar-refractivity contribution in [2.45, 2.75) is 12.2 Å². The molecule has 0 fully saturated rings. The fourth-order valence-corrected chi connectivity index (χ4v) is 3.36. The number of aliphatic imine (C=N–C) groups is 1. The zero-order valence-corrected chi connectivity index (χ0v) is 13.0. The number of guanidine groups is 1. The maximum Gasteiger partial charge on any atom is 0.191 e. The third-order valence-electron chi connectivity index (χ3n) is 3.57. The molecule has 1 heterocycles. The Bertz CT molecular complexity index is 619. The third kappa shape index (κ3) is 3.91. The van der Waals surface area contributed by atoms with Gasteiger partial charge in [-0.2, -0.15) is 11.8 Å². The molecule has 0 unspecified atom stereocenters. The van der Waals surface area contributed by atoms with Gasteiger partial charge in [-0.25, -0.2) is 0 Å². The number of benzene rings is 2. The molecule has 0 radical (unpaired) electrons. The van der Waals surface area contributed by atoms with Crippen molar-refractivity contribution < 1.29 is 0 Å². The van der Waals surface area contributed by atoms with Crippen molar-refractivity contribution in [3.8, 4) is 0 Å². The molecule has 0 bridgehead atoms. The fraction of sp³-hybridized carbons (Fsp3) is 0.353. The van der Waals surface area contributed by atoms with Crippen LogP contribution in [0.1, 0.15) is 12.0 Å². The van der Waals surface area contributed by atoms with E-state index in [9.17, 15) is 0 Å². The van der Waals surface area contributed by atoms with Gasteiger partial charge in [-0.05, 0) is 22.8 Å². The lowest BCUT2D eigenvalue weighted by molar-refractivity contribution is 0.709. The summed E-state index contributed by atoms with van der Waals surface area (Å²) in [5.41, 5.74) is 1.42. The van der Waals surface area contributed by atoms with E-state index in [-0.39, 0.29) is 0 Å². The second-order valence-electron chi connectivity index (χ2n) is 5.13. The lowest BCUT2D eigenvalue weighted by Crippen LogP contribution is -2.41. The summed E-state index contributed by atoms with van der Waals surface area (Å²) in [7, 11) is 0. The molecule has 0 saturated carbocycles. The van der Waals surface area contributed by atoms with Gasteiger partial charge in [0.2, 0.25) is 0 Å². The number of thioether (sulfide) groups is 1. The molecule has 2 N–H and O–H groups in total. The number of rotatable bonds is 5. The molecule has 3 nitrogen and oxygen atoms in total. The first-order chi connectivity index (χ1) is 10.4. The summed E-state index contributed by atoms with van der Waals surface area (Å²) in [6, 6.07) is 15.2. The van der Waals surface area contributed by atoms with E-state index in [1.165, 1.54) is 16.3 Å². The van der Waals surface area contributed by atoms with E-state index in [1.807, 2.05) is 11.8 Å². The van der Waals surface area contributed by atoms with Crippen molar-refractivity contribution >= 4 is 28.5 Å². The predicted molar refractivity (Wildman–Crippen MR) is 93.0 cm³/mol. The van der Waals surface area contributed by atoms with Gasteiger partial charge in [0.05, 0.1) is 0 Å². The zero-order chi connectivity index (χ0) is 14.3. The molecular formula is C17H21N3S. The van der Waals surface area contributed by atoms with Crippen molar-refractivity contribution in [2.24, 2.45) is 4.99 Å². The maximum atomic E-state index is 4.41. The van der Waals surface area contributed by atoms with E-state index >= 15 is 0 Å². The first-order valence-corrected chi connectivity index (χ1v) is 8.65. The third-order valence-corrected chi connectivity index (χ3v) is 4.58. The van der Waals surface area contributed by atoms with Crippen LogP contribution in [0, 0.1) is 0 Å². The molecule has 0 spiro atoms. The van der Waals surface area contributed by atoms with Crippen LogP contribution in [-0.4, -0.2) is 31.3 Å². The molecule has 0 aliphatic carbocycles. The zero-order valence-electron chi connectivity index (χ0n) is 12.1. The van der Waals surface area contributed by atoms with Crippen molar-refractivity contribution in [1.82, 2.24) is 10.6 Å². The van der Waals surface area contributed by atoms with Crippen LogP contribution in [0.2, 0.25) is 0 Å². The van der Waals surface area contributed by atoms with E-state index in [0.29, 0.717) is 0 Å². The summed E-state index contributed by atoms with van der Waals surface area (Å²) in [6.07, 6.45) is 1.14. The van der Waals surface area contributed by atoms with Crippen molar-refractivity contribution in [2.75, 3.05) is 25.4 Å². The van der Waals surface area contributed by atoms with Crippen molar-refractivity contribution in [3.05, 3.63) is 48.0 Å². The number of fused-ring (bicyclic) bond motifs is 1. The molecule has 2 aromatic rings. The molecule has 0 amide bonds. The van der Waals surface area contributed by atoms with E-state index < -0.39 is 0 Å². The normalized spacial score (nSPS) is 14.6. The summed E-state index contributed by atoms with van der Waals surface area (Å²) >= 11 is 1.96. The van der Waals surface area contributed by atoms with Gasteiger partial charge in [-0.1, -0.05) is 42.5 Å². The largest absolute Gasteiger partial charge is 0.356 e. The first-order valence-electron chi connectivity index (χ1n) is 7.50. The van der Waals surface area contributed by atoms with Gasteiger partial charge >= 0.3 is 0 Å². The molecule has 0 saturated heterocycles. The molecule has 0 atom stereocenters. The Morgan fingerprint density at radius 2 is 2.05 bits per heavy atom. The minimum atomic E-state index is 0.943. The lowest BCUT2D eigenvalue weighted by Gasteiger charge is -2.15. The van der Waals surface area contributed by atoms with E-state index in [2.05, 4.69) is 58.1 Å². The highest BCUT2D eigenvalue weighted by molar-refractivity contribution is 7.98. The topological polar surface area (TPSA) is 36.4 Å². The van der Waals surface area contributed by atoms with Gasteiger partial charge in [0.15, 0.2) is 5.96 Å². The summed E-state index contributed by atoms with van der Waals surface area (Å²) in [4.78, 5) is 4.41. The highest BCUT2D eigenvalue weighted by atomic mass is 32.2. The summed E-state index contributed by atoms with van der Waals surface area (Å²) in [5.74, 6) is 3.11. The van der Waals surface area contributed by atoms with Crippen LogP contribution in [0.4, 0.5) is 0 Å². The molecule has 21 heavy (non-hydrogen) atoms. The van der Waals surface area contributed by atoms with Crippen LogP contribution in [0.25, 0.3) is 10.8 Å². The summed E-state index contributed by atoms with van der Waals surface area (Å²) in [6.45, 7) is 2.94. The summed E-state index contributed by atoms with van der Waals surface area (Å²) < 4.78 is 0. The number of hydrogen-bond acceptors (Lipinski definition) is 4. The van der Waals surface area contributed by atoms with Crippen LogP contribution in [0.5, 0.6) is 0 Å². The Morgan fingerprint density at radius 1 is 1.14 bits per heavy atom. The molecule has 0 aromatic heterocycles. The highest BCUT2D eigenvalue weighted by Crippen LogP contribution is 2.22. The average molecular weight is 299 g/mol. The second-order valence-corrected chi connectivity index (χ2v) is 6.23.